The number of urea groups is 1. The van der Waals surface area contributed by atoms with E-state index in [9.17, 15) is 22.8 Å². The van der Waals surface area contributed by atoms with Gasteiger partial charge in [0.25, 0.3) is 5.56 Å². The highest BCUT2D eigenvalue weighted by atomic mass is 19.4. The number of carbonyl (C=O) groups is 1. The highest BCUT2D eigenvalue weighted by Crippen LogP contribution is 2.32. The topological polar surface area (TPSA) is 147 Å². The molecule has 0 radical (unpaired) electrons. The number of nitrogens with one attached hydrogen (secondary N) is 1. The first-order valence-electron chi connectivity index (χ1n) is 11.5. The molecule has 1 fully saturated rings. The highest BCUT2D eigenvalue weighted by molar-refractivity contribution is 5.95. The molecule has 14 heteroatoms. The molecule has 1 saturated heterocycles. The van der Waals surface area contributed by atoms with E-state index < -0.39 is 29.0 Å². The van der Waals surface area contributed by atoms with Crippen molar-refractivity contribution in [3.05, 3.63) is 63.0 Å². The van der Waals surface area contributed by atoms with Crippen LogP contribution in [-0.2, 0) is 27.4 Å². The zero-order valence-corrected chi connectivity index (χ0v) is 20.6. The van der Waals surface area contributed by atoms with E-state index >= 15 is 0 Å². The average Bonchev–Trinajstić information content (AvgIpc) is 2.85. The first-order valence-corrected chi connectivity index (χ1v) is 11.5. The molecule has 1 atom stereocenters. The van der Waals surface area contributed by atoms with E-state index in [1.54, 1.807) is 6.07 Å². The molecule has 0 spiro atoms. The van der Waals surface area contributed by atoms with Gasteiger partial charge in [-0.1, -0.05) is 5.73 Å². The zero-order valence-electron chi connectivity index (χ0n) is 20.6. The SMILES string of the molecule is CN(C(=O)Nc1cc(C(F)(F)F)cn(C)c1=O)C1=C=C(c2cnc(N)c(C(=[NH2+])OC[C@H]3COCCO3)c2)C1. The number of hydrogen-bond donors (Lipinski definition) is 3. The van der Waals surface area contributed by atoms with Crippen LogP contribution in [0.25, 0.3) is 5.57 Å². The Morgan fingerprint density at radius 3 is 2.79 bits per heavy atom. The fraction of sp³-hybridized carbons (Fsp3) is 0.375. The van der Waals surface area contributed by atoms with Gasteiger partial charge < -0.3 is 29.8 Å². The number of nitrogen functional groups attached to an aromatic ring is 1. The third-order valence-electron chi connectivity index (χ3n) is 5.94. The number of carbonyl (C=O) groups excluding carboxylic acids is 1. The minimum Gasteiger partial charge on any atom is -0.441 e. The maximum atomic E-state index is 13.1. The molecule has 2 amide bonds. The lowest BCUT2D eigenvalue weighted by atomic mass is 9.95. The van der Waals surface area contributed by atoms with E-state index in [-0.39, 0.29) is 24.4 Å². The van der Waals surface area contributed by atoms with Gasteiger partial charge in [-0.2, -0.15) is 13.2 Å². The van der Waals surface area contributed by atoms with Crippen LogP contribution in [0.4, 0.5) is 29.5 Å². The minimum atomic E-state index is -4.68. The lowest BCUT2D eigenvalue weighted by molar-refractivity contribution is -0.151. The number of alkyl halides is 3. The molecule has 202 valence electrons. The highest BCUT2D eigenvalue weighted by Gasteiger charge is 2.32. The van der Waals surface area contributed by atoms with Crippen LogP contribution in [0.2, 0.25) is 0 Å². The Balaban J connectivity index is 1.46. The summed E-state index contributed by atoms with van der Waals surface area (Å²) in [5.74, 6) is 0.227. The third-order valence-corrected chi connectivity index (χ3v) is 5.94. The number of nitrogens with zero attached hydrogens (tertiary/aromatic N) is 3. The molecule has 0 bridgehead atoms. The number of halogens is 3. The Kier molecular flexibility index (Phi) is 7.58. The van der Waals surface area contributed by atoms with Gasteiger partial charge in [0.1, 0.15) is 29.8 Å². The van der Waals surface area contributed by atoms with Crippen molar-refractivity contribution in [1.29, 1.82) is 0 Å². The summed E-state index contributed by atoms with van der Waals surface area (Å²) in [5, 5.41) is 8.31. The molecule has 38 heavy (non-hydrogen) atoms. The van der Waals surface area contributed by atoms with Crippen molar-refractivity contribution in [2.24, 2.45) is 7.05 Å². The van der Waals surface area contributed by atoms with E-state index in [1.807, 2.05) is 0 Å². The number of aryl methyl sites for hydroxylation is 1. The van der Waals surface area contributed by atoms with Gasteiger partial charge in [-0.15, -0.1) is 0 Å². The van der Waals surface area contributed by atoms with Crippen molar-refractivity contribution in [2.75, 3.05) is 44.5 Å². The zero-order chi connectivity index (χ0) is 27.6. The lowest BCUT2D eigenvalue weighted by Crippen LogP contribution is -2.45. The molecule has 2 aromatic heterocycles. The summed E-state index contributed by atoms with van der Waals surface area (Å²) in [5.41, 5.74) is 8.82. The molecule has 0 saturated carbocycles. The second-order valence-corrected chi connectivity index (χ2v) is 8.67. The van der Waals surface area contributed by atoms with Crippen LogP contribution >= 0.6 is 0 Å². The molecule has 11 nitrogen and oxygen atoms in total. The van der Waals surface area contributed by atoms with E-state index in [4.69, 9.17) is 25.4 Å². The Morgan fingerprint density at radius 2 is 2.13 bits per heavy atom. The monoisotopic (exact) mass is 535 g/mol. The van der Waals surface area contributed by atoms with Crippen molar-refractivity contribution in [1.82, 2.24) is 14.5 Å². The number of hydrogen-bond acceptors (Lipinski definition) is 7. The van der Waals surface area contributed by atoms with Gasteiger partial charge in [0, 0.05) is 44.0 Å². The standard InChI is InChI=1S/C24H25F3N6O5/c1-32-10-15(24(25,26)27)8-19(22(32)34)31-23(35)33(2)16-5-13(6-16)14-7-18(20(28)30-9-14)21(29)38-12-17-11-36-3-4-37-17/h7-10,17,29H,3-5,11-12H2,1-2H3,(H2,28,30)(H,31,35)/p+1/t17-/m1/s1. The number of pyridine rings is 2. The molecule has 4 rings (SSSR count). The summed E-state index contributed by atoms with van der Waals surface area (Å²) in [7, 11) is 2.58. The maximum absolute atomic E-state index is 13.1. The van der Waals surface area contributed by atoms with Crippen LogP contribution in [-0.4, -0.2) is 66.0 Å². The number of aromatic nitrogens is 2. The van der Waals surface area contributed by atoms with Gasteiger partial charge in [-0.3, -0.25) is 9.69 Å². The minimum absolute atomic E-state index is 0.0642. The van der Waals surface area contributed by atoms with Crippen LogP contribution < -0.4 is 22.0 Å². The van der Waals surface area contributed by atoms with Crippen LogP contribution in [0, 0.1) is 0 Å². The van der Waals surface area contributed by atoms with Crippen molar-refractivity contribution in [2.45, 2.75) is 18.7 Å². The molecule has 2 aliphatic rings. The van der Waals surface area contributed by atoms with Gasteiger partial charge in [0.15, 0.2) is 0 Å². The Hall–Kier alpha value is -4.13. The predicted octanol–water partition coefficient (Wildman–Crippen LogP) is 0.753. The van der Waals surface area contributed by atoms with Crippen LogP contribution in [0.3, 0.4) is 0 Å². The van der Waals surface area contributed by atoms with Crippen molar-refractivity contribution < 1.29 is 37.6 Å². The predicted molar refractivity (Wildman–Crippen MR) is 130 cm³/mol. The smallest absolute Gasteiger partial charge is 0.417 e. The van der Waals surface area contributed by atoms with E-state index in [0.29, 0.717) is 60.9 Å². The first-order chi connectivity index (χ1) is 17.9. The molecular formula is C24H26F3N6O5+. The second kappa shape index (κ2) is 10.7. The lowest BCUT2D eigenvalue weighted by Gasteiger charge is -2.25. The fourth-order valence-electron chi connectivity index (χ4n) is 3.71. The maximum Gasteiger partial charge on any atom is 0.417 e. The molecule has 5 N–H and O–H groups in total. The van der Waals surface area contributed by atoms with Crippen molar-refractivity contribution in [3.63, 3.8) is 0 Å². The second-order valence-electron chi connectivity index (χ2n) is 8.67. The van der Waals surface area contributed by atoms with Crippen molar-refractivity contribution in [3.8, 4) is 0 Å². The van der Waals surface area contributed by atoms with Crippen molar-refractivity contribution >= 4 is 29.0 Å². The average molecular weight is 536 g/mol. The Labute approximate surface area is 214 Å². The number of nitrogens with two attached hydrogens (primary N) is 2. The summed E-state index contributed by atoms with van der Waals surface area (Å²) in [4.78, 5) is 30.2. The number of amides is 2. The Bertz CT molecular complexity index is 1390. The summed E-state index contributed by atoms with van der Waals surface area (Å²) in [6.45, 7) is 1.57. The van der Waals surface area contributed by atoms with Crippen LogP contribution in [0.15, 0.2) is 40.7 Å². The van der Waals surface area contributed by atoms with Gasteiger partial charge >= 0.3 is 18.1 Å². The molecule has 3 heterocycles. The van der Waals surface area contributed by atoms with E-state index in [1.165, 1.54) is 20.3 Å². The number of rotatable bonds is 6. The molecule has 0 aromatic carbocycles. The summed E-state index contributed by atoms with van der Waals surface area (Å²) >= 11 is 0. The summed E-state index contributed by atoms with van der Waals surface area (Å²) < 4.78 is 56.5. The molecule has 1 aliphatic carbocycles. The molecular weight excluding hydrogens is 509 g/mol. The normalized spacial score (nSPS) is 17.1. The molecule has 1 aliphatic heterocycles. The first kappa shape index (κ1) is 26.9. The fourth-order valence-corrected chi connectivity index (χ4v) is 3.71. The van der Waals surface area contributed by atoms with E-state index in [0.717, 1.165) is 9.47 Å². The number of ether oxygens (including phenoxy) is 3. The summed E-state index contributed by atoms with van der Waals surface area (Å²) in [6.07, 6.45) is -2.45. The largest absolute Gasteiger partial charge is 0.441 e. The van der Waals surface area contributed by atoms with Gasteiger partial charge in [-0.25, -0.2) is 15.2 Å². The third kappa shape index (κ3) is 5.88. The van der Waals surface area contributed by atoms with Gasteiger partial charge in [0.05, 0.1) is 31.1 Å². The Morgan fingerprint density at radius 1 is 1.39 bits per heavy atom. The van der Waals surface area contributed by atoms with Gasteiger partial charge in [-0.05, 0) is 12.1 Å². The van der Waals surface area contributed by atoms with Crippen LogP contribution in [0.1, 0.15) is 23.1 Å². The van der Waals surface area contributed by atoms with Crippen LogP contribution in [0.5, 0.6) is 0 Å². The number of anilines is 2. The quantitative estimate of drug-likeness (QED) is 0.281. The van der Waals surface area contributed by atoms with E-state index in [2.05, 4.69) is 16.0 Å². The van der Waals surface area contributed by atoms with Gasteiger partial charge in [0.2, 0.25) is 0 Å². The molecule has 2 aromatic rings. The molecule has 0 unspecified atom stereocenters. The summed E-state index contributed by atoms with van der Waals surface area (Å²) in [6, 6.07) is 1.49.